The van der Waals surface area contributed by atoms with Gasteiger partial charge in [-0.05, 0) is 43.0 Å². The fraction of sp³-hybridized carbons (Fsp3) is 0.611. The molecule has 0 radical (unpaired) electrons. The van der Waals surface area contributed by atoms with Crippen molar-refractivity contribution in [2.45, 2.75) is 52.2 Å². The van der Waals surface area contributed by atoms with E-state index in [4.69, 9.17) is 5.73 Å². The second-order valence-electron chi connectivity index (χ2n) is 6.64. The molecule has 3 N–H and O–H groups in total. The number of likely N-dealkylation sites (tertiary alicyclic amines) is 1. The number of benzene rings is 1. The monoisotopic (exact) mass is 375 g/mol. The van der Waals surface area contributed by atoms with E-state index in [0.29, 0.717) is 6.54 Å². The van der Waals surface area contributed by atoms with Gasteiger partial charge in [-0.25, -0.2) is 0 Å². The number of rotatable bonds is 6. The minimum Gasteiger partial charge on any atom is -0.351 e. The van der Waals surface area contributed by atoms with E-state index in [2.05, 4.69) is 34.5 Å². The minimum absolute atomic E-state index is 0. The highest BCUT2D eigenvalue weighted by Gasteiger charge is 2.16. The third kappa shape index (κ3) is 7.39. The van der Waals surface area contributed by atoms with E-state index in [1.54, 1.807) is 0 Å². The Kier molecular flexibility index (Phi) is 11.3. The van der Waals surface area contributed by atoms with Crippen LogP contribution < -0.4 is 11.1 Å². The van der Waals surface area contributed by atoms with Gasteiger partial charge in [-0.2, -0.15) is 0 Å². The smallest absolute Gasteiger partial charge is 0.237 e. The van der Waals surface area contributed by atoms with Gasteiger partial charge >= 0.3 is 0 Å². The predicted molar refractivity (Wildman–Crippen MR) is 105 cm³/mol. The average Bonchev–Trinajstić information content (AvgIpc) is 2.54. The third-order valence-electron chi connectivity index (χ3n) is 4.37. The van der Waals surface area contributed by atoms with E-state index < -0.39 is 6.04 Å². The fourth-order valence-electron chi connectivity index (χ4n) is 2.75. The lowest BCUT2D eigenvalue weighted by Crippen LogP contribution is -2.43. The summed E-state index contributed by atoms with van der Waals surface area (Å²) in [6, 6.07) is 8.09. The molecule has 1 unspecified atom stereocenters. The number of halogens is 2. The largest absolute Gasteiger partial charge is 0.351 e. The molecule has 6 heteroatoms. The van der Waals surface area contributed by atoms with E-state index in [1.165, 1.54) is 37.9 Å². The number of piperidine rings is 1. The lowest BCUT2D eigenvalue weighted by atomic mass is 10.0. The Hall–Kier alpha value is -0.810. The molecule has 0 aliphatic carbocycles. The van der Waals surface area contributed by atoms with Gasteiger partial charge in [0, 0.05) is 13.1 Å². The SMILES string of the molecule is CC(C)C(N)C(=O)NCc1ccc(CN2CCCCC2)cc1.Cl.Cl. The molecule has 1 aliphatic heterocycles. The minimum atomic E-state index is -0.432. The molecule has 0 aromatic heterocycles. The van der Waals surface area contributed by atoms with Gasteiger partial charge in [0.25, 0.3) is 0 Å². The van der Waals surface area contributed by atoms with Crippen LogP contribution in [0.2, 0.25) is 0 Å². The van der Waals surface area contributed by atoms with Crippen LogP contribution in [0.1, 0.15) is 44.2 Å². The van der Waals surface area contributed by atoms with Crippen LogP contribution in [0, 0.1) is 5.92 Å². The molecule has 24 heavy (non-hydrogen) atoms. The second-order valence-corrected chi connectivity index (χ2v) is 6.64. The van der Waals surface area contributed by atoms with Crippen molar-refractivity contribution >= 4 is 30.7 Å². The van der Waals surface area contributed by atoms with E-state index in [0.717, 1.165) is 12.1 Å². The molecule has 2 rings (SSSR count). The number of amides is 1. The number of hydrogen-bond acceptors (Lipinski definition) is 3. The maximum atomic E-state index is 11.8. The van der Waals surface area contributed by atoms with E-state index in [1.807, 2.05) is 13.8 Å². The van der Waals surface area contributed by atoms with Crippen LogP contribution in [-0.4, -0.2) is 29.9 Å². The topological polar surface area (TPSA) is 58.4 Å². The van der Waals surface area contributed by atoms with Crippen LogP contribution in [0.5, 0.6) is 0 Å². The van der Waals surface area contributed by atoms with Gasteiger partial charge in [0.05, 0.1) is 6.04 Å². The number of nitrogens with one attached hydrogen (secondary N) is 1. The molecule has 1 amide bonds. The van der Waals surface area contributed by atoms with Crippen molar-refractivity contribution in [3.8, 4) is 0 Å². The summed E-state index contributed by atoms with van der Waals surface area (Å²) in [4.78, 5) is 14.4. The van der Waals surface area contributed by atoms with Crippen molar-refractivity contribution in [3.05, 3.63) is 35.4 Å². The Bertz CT molecular complexity index is 474. The lowest BCUT2D eigenvalue weighted by Gasteiger charge is -2.26. The Balaban J connectivity index is 0.00000264. The number of carbonyl (C=O) groups is 1. The second kappa shape index (κ2) is 11.7. The summed E-state index contributed by atoms with van der Waals surface area (Å²) in [7, 11) is 0. The van der Waals surface area contributed by atoms with Gasteiger partial charge < -0.3 is 11.1 Å². The highest BCUT2D eigenvalue weighted by atomic mass is 35.5. The van der Waals surface area contributed by atoms with Crippen LogP contribution in [-0.2, 0) is 17.9 Å². The standard InChI is InChI=1S/C18H29N3O.2ClH/c1-14(2)17(19)18(22)20-12-15-6-8-16(9-7-15)13-21-10-4-3-5-11-21;;/h6-9,14,17H,3-5,10-13,19H2,1-2H3,(H,20,22);2*1H. The lowest BCUT2D eigenvalue weighted by molar-refractivity contribution is -0.123. The number of nitrogens with two attached hydrogens (primary N) is 1. The van der Waals surface area contributed by atoms with Gasteiger partial charge in [-0.3, -0.25) is 9.69 Å². The molecule has 1 atom stereocenters. The fourth-order valence-corrected chi connectivity index (χ4v) is 2.75. The summed E-state index contributed by atoms with van der Waals surface area (Å²) < 4.78 is 0. The molecule has 1 saturated heterocycles. The van der Waals surface area contributed by atoms with Gasteiger partial charge in [0.2, 0.25) is 5.91 Å². The van der Waals surface area contributed by atoms with E-state index in [9.17, 15) is 4.79 Å². The van der Waals surface area contributed by atoms with Gasteiger partial charge in [-0.15, -0.1) is 24.8 Å². The Morgan fingerprint density at radius 2 is 1.62 bits per heavy atom. The zero-order valence-electron chi connectivity index (χ0n) is 14.7. The molecule has 4 nitrogen and oxygen atoms in total. The first kappa shape index (κ1) is 23.2. The molecule has 1 heterocycles. The van der Waals surface area contributed by atoms with Gasteiger partial charge in [0.15, 0.2) is 0 Å². The Morgan fingerprint density at radius 1 is 1.08 bits per heavy atom. The predicted octanol–water partition coefficient (Wildman–Crippen LogP) is 3.12. The van der Waals surface area contributed by atoms with Crippen molar-refractivity contribution in [2.24, 2.45) is 11.7 Å². The average molecular weight is 376 g/mol. The maximum absolute atomic E-state index is 11.8. The van der Waals surface area contributed by atoms with Gasteiger partial charge in [-0.1, -0.05) is 44.5 Å². The summed E-state index contributed by atoms with van der Waals surface area (Å²) in [5, 5.41) is 2.91. The molecular weight excluding hydrogens is 345 g/mol. The zero-order chi connectivity index (χ0) is 15.9. The summed E-state index contributed by atoms with van der Waals surface area (Å²) >= 11 is 0. The molecule has 0 spiro atoms. The molecule has 1 aliphatic rings. The van der Waals surface area contributed by atoms with Gasteiger partial charge in [0.1, 0.15) is 0 Å². The van der Waals surface area contributed by atoms with Crippen molar-refractivity contribution in [2.75, 3.05) is 13.1 Å². The maximum Gasteiger partial charge on any atom is 0.237 e. The van der Waals surface area contributed by atoms with Crippen molar-refractivity contribution in [1.82, 2.24) is 10.2 Å². The molecular formula is C18H31Cl2N3O. The van der Waals surface area contributed by atoms with Crippen LogP contribution >= 0.6 is 24.8 Å². The molecule has 0 saturated carbocycles. The van der Waals surface area contributed by atoms with Crippen LogP contribution in [0.25, 0.3) is 0 Å². The molecule has 1 fully saturated rings. The van der Waals surface area contributed by atoms with E-state index in [-0.39, 0.29) is 36.6 Å². The van der Waals surface area contributed by atoms with Crippen LogP contribution in [0.15, 0.2) is 24.3 Å². The van der Waals surface area contributed by atoms with Crippen molar-refractivity contribution < 1.29 is 4.79 Å². The first-order chi connectivity index (χ1) is 10.6. The van der Waals surface area contributed by atoms with Crippen LogP contribution in [0.3, 0.4) is 0 Å². The van der Waals surface area contributed by atoms with E-state index >= 15 is 0 Å². The first-order valence-corrected chi connectivity index (χ1v) is 8.39. The number of nitrogens with zero attached hydrogens (tertiary/aromatic N) is 1. The highest BCUT2D eigenvalue weighted by molar-refractivity contribution is 5.85. The summed E-state index contributed by atoms with van der Waals surface area (Å²) in [6.45, 7) is 7.92. The zero-order valence-corrected chi connectivity index (χ0v) is 16.3. The molecule has 138 valence electrons. The quantitative estimate of drug-likeness (QED) is 0.802. The first-order valence-electron chi connectivity index (χ1n) is 8.39. The summed E-state index contributed by atoms with van der Waals surface area (Å²) in [5.74, 6) is 0.0827. The van der Waals surface area contributed by atoms with Crippen molar-refractivity contribution in [1.29, 1.82) is 0 Å². The Morgan fingerprint density at radius 3 is 2.17 bits per heavy atom. The third-order valence-corrected chi connectivity index (χ3v) is 4.37. The Labute approximate surface area is 158 Å². The van der Waals surface area contributed by atoms with Crippen molar-refractivity contribution in [3.63, 3.8) is 0 Å². The van der Waals surface area contributed by atoms with Crippen LogP contribution in [0.4, 0.5) is 0 Å². The number of carbonyl (C=O) groups excluding carboxylic acids is 1. The molecule has 1 aromatic rings. The normalized spacial score (nSPS) is 16.0. The highest BCUT2D eigenvalue weighted by Crippen LogP contribution is 2.13. The number of hydrogen-bond donors (Lipinski definition) is 2. The molecule has 0 bridgehead atoms. The molecule has 1 aromatic carbocycles. The summed E-state index contributed by atoms with van der Waals surface area (Å²) in [5.41, 5.74) is 8.30. The summed E-state index contributed by atoms with van der Waals surface area (Å²) in [6.07, 6.45) is 4.01.